The van der Waals surface area contributed by atoms with Gasteiger partial charge in [0.25, 0.3) is 5.91 Å². The van der Waals surface area contributed by atoms with Crippen LogP contribution in [0.4, 0.5) is 0 Å². The van der Waals surface area contributed by atoms with Gasteiger partial charge in [0.05, 0.1) is 5.02 Å². The Kier molecular flexibility index (Phi) is 6.90. The van der Waals surface area contributed by atoms with Crippen LogP contribution >= 0.6 is 11.6 Å². The lowest BCUT2D eigenvalue weighted by Gasteiger charge is -2.34. The molecule has 0 bridgehead atoms. The summed E-state index contributed by atoms with van der Waals surface area (Å²) in [5, 5.41) is 0.589. The van der Waals surface area contributed by atoms with E-state index < -0.39 is 0 Å². The van der Waals surface area contributed by atoms with Gasteiger partial charge in [-0.25, -0.2) is 0 Å². The van der Waals surface area contributed by atoms with Gasteiger partial charge in [0.1, 0.15) is 12.4 Å². The summed E-state index contributed by atoms with van der Waals surface area (Å²) >= 11 is 6.22. The van der Waals surface area contributed by atoms with E-state index >= 15 is 0 Å². The molecule has 1 saturated heterocycles. The fourth-order valence-electron chi connectivity index (χ4n) is 3.81. The summed E-state index contributed by atoms with van der Waals surface area (Å²) in [4.78, 5) is 17.4. The first-order valence-electron chi connectivity index (χ1n) is 10.6. The Bertz CT molecular complexity index is 1030. The van der Waals surface area contributed by atoms with Crippen molar-refractivity contribution < 1.29 is 9.53 Å². The van der Waals surface area contributed by atoms with Crippen molar-refractivity contribution in [2.24, 2.45) is 0 Å². The van der Waals surface area contributed by atoms with Crippen molar-refractivity contribution in [1.29, 1.82) is 0 Å². The average molecular weight is 435 g/mol. The third kappa shape index (κ3) is 5.66. The second-order valence-electron chi connectivity index (χ2n) is 7.98. The maximum absolute atomic E-state index is 13.0. The fraction of sp³-hybridized carbons (Fsp3) is 0.269. The molecule has 1 aliphatic rings. The molecule has 1 fully saturated rings. The third-order valence-corrected chi connectivity index (χ3v) is 5.88. The van der Waals surface area contributed by atoms with Gasteiger partial charge < -0.3 is 9.64 Å². The van der Waals surface area contributed by atoms with Gasteiger partial charge in [0.15, 0.2) is 0 Å². The average Bonchev–Trinajstić information content (AvgIpc) is 2.80. The van der Waals surface area contributed by atoms with Crippen LogP contribution in [0.15, 0.2) is 72.8 Å². The van der Waals surface area contributed by atoms with Crippen molar-refractivity contribution in [3.63, 3.8) is 0 Å². The molecular weight excluding hydrogens is 408 g/mol. The zero-order valence-corrected chi connectivity index (χ0v) is 18.5. The highest BCUT2D eigenvalue weighted by molar-refractivity contribution is 6.32. The zero-order valence-electron chi connectivity index (χ0n) is 17.8. The van der Waals surface area contributed by atoms with Crippen LogP contribution in [0, 0.1) is 6.92 Å². The van der Waals surface area contributed by atoms with Gasteiger partial charge in [-0.15, -0.1) is 0 Å². The third-order valence-electron chi connectivity index (χ3n) is 5.56. The van der Waals surface area contributed by atoms with Gasteiger partial charge in [-0.05, 0) is 47.9 Å². The zero-order chi connectivity index (χ0) is 21.6. The highest BCUT2D eigenvalue weighted by Crippen LogP contribution is 2.26. The molecule has 0 saturated carbocycles. The van der Waals surface area contributed by atoms with Crippen LogP contribution in [0.3, 0.4) is 0 Å². The second-order valence-corrected chi connectivity index (χ2v) is 8.38. The number of ether oxygens (including phenoxy) is 1. The number of hydrogen-bond donors (Lipinski definition) is 0. The number of hydrogen-bond acceptors (Lipinski definition) is 3. The molecule has 0 aliphatic carbocycles. The van der Waals surface area contributed by atoms with Gasteiger partial charge in [0, 0.05) is 38.3 Å². The van der Waals surface area contributed by atoms with E-state index in [4.69, 9.17) is 16.3 Å². The van der Waals surface area contributed by atoms with Crippen molar-refractivity contribution in [3.05, 3.63) is 100 Å². The number of halogens is 1. The number of carbonyl (C=O) groups is 1. The van der Waals surface area contributed by atoms with Crippen LogP contribution in [0.25, 0.3) is 0 Å². The summed E-state index contributed by atoms with van der Waals surface area (Å²) in [5.74, 6) is 0.739. The van der Waals surface area contributed by atoms with E-state index in [9.17, 15) is 4.79 Å². The molecule has 160 valence electrons. The first-order chi connectivity index (χ1) is 15.1. The number of nitrogens with zero attached hydrogens (tertiary/aromatic N) is 2. The van der Waals surface area contributed by atoms with E-state index in [1.54, 1.807) is 0 Å². The van der Waals surface area contributed by atoms with Crippen LogP contribution < -0.4 is 4.74 Å². The molecule has 0 spiro atoms. The summed E-state index contributed by atoms with van der Waals surface area (Å²) in [6.07, 6.45) is 0. The molecule has 4 rings (SSSR count). The quantitative estimate of drug-likeness (QED) is 0.535. The summed E-state index contributed by atoms with van der Waals surface area (Å²) in [5.41, 5.74) is 4.05. The van der Waals surface area contributed by atoms with Crippen LogP contribution in [-0.4, -0.2) is 41.9 Å². The summed E-state index contributed by atoms with van der Waals surface area (Å²) < 4.78 is 5.89. The molecule has 1 aliphatic heterocycles. The predicted octanol–water partition coefficient (Wildman–Crippen LogP) is 5.19. The highest BCUT2D eigenvalue weighted by Gasteiger charge is 2.22. The molecule has 0 atom stereocenters. The van der Waals surface area contributed by atoms with E-state index in [1.807, 2.05) is 60.4 Å². The van der Waals surface area contributed by atoms with Crippen molar-refractivity contribution in [3.8, 4) is 5.75 Å². The Morgan fingerprint density at radius 1 is 0.903 bits per heavy atom. The minimum Gasteiger partial charge on any atom is -0.487 e. The maximum atomic E-state index is 13.0. The largest absolute Gasteiger partial charge is 0.487 e. The van der Waals surface area contributed by atoms with Gasteiger partial charge in [0.2, 0.25) is 0 Å². The molecule has 3 aromatic carbocycles. The molecule has 1 heterocycles. The van der Waals surface area contributed by atoms with Crippen LogP contribution in [-0.2, 0) is 13.2 Å². The lowest BCUT2D eigenvalue weighted by atomic mass is 10.1. The van der Waals surface area contributed by atoms with Crippen molar-refractivity contribution in [2.45, 2.75) is 20.1 Å². The number of rotatable bonds is 6. The Morgan fingerprint density at radius 3 is 2.42 bits per heavy atom. The minimum absolute atomic E-state index is 0.0785. The van der Waals surface area contributed by atoms with Crippen molar-refractivity contribution in [2.75, 3.05) is 26.2 Å². The van der Waals surface area contributed by atoms with Crippen LogP contribution in [0.1, 0.15) is 27.0 Å². The van der Waals surface area contributed by atoms with E-state index in [-0.39, 0.29) is 5.91 Å². The molecule has 0 aromatic heterocycles. The first kappa shape index (κ1) is 21.4. The summed E-state index contributed by atoms with van der Waals surface area (Å²) in [7, 11) is 0. The summed E-state index contributed by atoms with van der Waals surface area (Å²) in [6, 6.07) is 23.9. The minimum atomic E-state index is 0.0785. The Balaban J connectivity index is 1.33. The van der Waals surface area contributed by atoms with Gasteiger partial charge in [-0.3, -0.25) is 9.69 Å². The smallest absolute Gasteiger partial charge is 0.253 e. The van der Waals surface area contributed by atoms with Gasteiger partial charge in [-0.2, -0.15) is 0 Å². The summed E-state index contributed by atoms with van der Waals surface area (Å²) in [6.45, 7) is 6.55. The number of piperazine rings is 1. The molecule has 31 heavy (non-hydrogen) atoms. The maximum Gasteiger partial charge on any atom is 0.253 e. The Morgan fingerprint density at radius 2 is 1.65 bits per heavy atom. The number of amides is 1. The molecule has 3 aromatic rings. The van der Waals surface area contributed by atoms with Crippen LogP contribution in [0.5, 0.6) is 5.75 Å². The Labute approximate surface area is 189 Å². The van der Waals surface area contributed by atoms with Crippen molar-refractivity contribution in [1.82, 2.24) is 9.80 Å². The van der Waals surface area contributed by atoms with Gasteiger partial charge >= 0.3 is 0 Å². The standard InChI is InChI=1S/C26H27ClN2O2/c1-20-10-11-24(27)25(16-20)31-19-22-8-5-9-23(17-22)26(30)29-14-12-28(13-15-29)18-21-6-3-2-4-7-21/h2-11,16-17H,12-15,18-19H2,1H3. The SMILES string of the molecule is Cc1ccc(Cl)c(OCc2cccc(C(=O)N3CCN(Cc4ccccc4)CC3)c2)c1. The Hall–Kier alpha value is -2.82. The molecule has 4 nitrogen and oxygen atoms in total. The predicted molar refractivity (Wildman–Crippen MR) is 125 cm³/mol. The number of benzene rings is 3. The van der Waals surface area contributed by atoms with Crippen molar-refractivity contribution >= 4 is 17.5 Å². The molecule has 0 radical (unpaired) electrons. The highest BCUT2D eigenvalue weighted by atomic mass is 35.5. The lowest BCUT2D eigenvalue weighted by Crippen LogP contribution is -2.48. The van der Waals surface area contributed by atoms with E-state index in [0.717, 1.165) is 43.9 Å². The monoisotopic (exact) mass is 434 g/mol. The first-order valence-corrected chi connectivity index (χ1v) is 11.0. The van der Waals surface area contributed by atoms with E-state index in [0.29, 0.717) is 22.9 Å². The topological polar surface area (TPSA) is 32.8 Å². The van der Waals surface area contributed by atoms with Crippen LogP contribution in [0.2, 0.25) is 5.02 Å². The molecule has 5 heteroatoms. The van der Waals surface area contributed by atoms with E-state index in [1.165, 1.54) is 5.56 Å². The molecule has 0 unspecified atom stereocenters. The normalized spacial score (nSPS) is 14.5. The number of carbonyl (C=O) groups excluding carboxylic acids is 1. The number of aryl methyl sites for hydroxylation is 1. The second kappa shape index (κ2) is 9.99. The lowest BCUT2D eigenvalue weighted by molar-refractivity contribution is 0.0628. The molecule has 0 N–H and O–H groups in total. The fourth-order valence-corrected chi connectivity index (χ4v) is 3.98. The molecular formula is C26H27ClN2O2. The van der Waals surface area contributed by atoms with E-state index in [2.05, 4.69) is 29.2 Å². The molecule has 1 amide bonds. The van der Waals surface area contributed by atoms with Gasteiger partial charge in [-0.1, -0.05) is 60.1 Å².